The third-order valence-electron chi connectivity index (χ3n) is 5.05. The second-order valence-corrected chi connectivity index (χ2v) is 8.62. The molecule has 0 atom stereocenters. The molecule has 4 heteroatoms. The number of benzene rings is 4. The summed E-state index contributed by atoms with van der Waals surface area (Å²) >= 11 is 2.35. The quantitative estimate of drug-likeness (QED) is 0.237. The zero-order valence-electron chi connectivity index (χ0n) is 13.3. The molecule has 0 saturated carbocycles. The third-order valence-corrected chi connectivity index (χ3v) is 6.82. The van der Waals surface area contributed by atoms with Gasteiger partial charge in [-0.2, -0.15) is 8.78 Å². The summed E-state index contributed by atoms with van der Waals surface area (Å²) in [5.74, 6) is 0. The Kier molecular flexibility index (Phi) is 2.80. The van der Waals surface area contributed by atoms with Crippen LogP contribution < -0.4 is 0 Å². The molecule has 0 saturated heterocycles. The summed E-state index contributed by atoms with van der Waals surface area (Å²) in [7, 11) is 0. The van der Waals surface area contributed by atoms with E-state index in [0.717, 1.165) is 52.5 Å². The summed E-state index contributed by atoms with van der Waals surface area (Å²) in [6.07, 6.45) is 0. The van der Waals surface area contributed by atoms with Gasteiger partial charge in [-0.1, -0.05) is 24.3 Å². The van der Waals surface area contributed by atoms with Crippen molar-refractivity contribution in [1.29, 1.82) is 0 Å². The van der Waals surface area contributed by atoms with E-state index >= 15 is 0 Å². The maximum absolute atomic E-state index is 13.6. The molecule has 6 rings (SSSR count). The monoisotopic (exact) mass is 376 g/mol. The molecule has 6 aromatic rings. The molecule has 0 N–H and O–H groups in total. The SMILES string of the molecule is Fc1cc2cc3ccc4c5cc6sc(F)cc6cc5ccc4c3cc2s1. The lowest BCUT2D eigenvalue weighted by Gasteiger charge is -2.08. The molecule has 0 aliphatic heterocycles. The Balaban J connectivity index is 1.79. The van der Waals surface area contributed by atoms with Crippen LogP contribution in [0.5, 0.6) is 0 Å². The summed E-state index contributed by atoms with van der Waals surface area (Å²) in [5, 5.41) is 8.29. The minimum atomic E-state index is -0.160. The topological polar surface area (TPSA) is 0 Å². The second kappa shape index (κ2) is 5.00. The summed E-state index contributed by atoms with van der Waals surface area (Å²) in [6, 6.07) is 19.8. The van der Waals surface area contributed by atoms with E-state index < -0.39 is 0 Å². The Labute approximate surface area is 154 Å². The summed E-state index contributed by atoms with van der Waals surface area (Å²) in [6.45, 7) is 0. The zero-order valence-corrected chi connectivity index (χ0v) is 15.0. The fraction of sp³-hybridized carbons (Fsp3) is 0. The van der Waals surface area contributed by atoms with Crippen LogP contribution in [-0.2, 0) is 0 Å². The first-order valence-electron chi connectivity index (χ1n) is 8.23. The van der Waals surface area contributed by atoms with Crippen LogP contribution in [0.15, 0.2) is 60.7 Å². The summed E-state index contributed by atoms with van der Waals surface area (Å²) < 4.78 is 29.2. The highest BCUT2D eigenvalue weighted by atomic mass is 32.1. The molecule has 0 unspecified atom stereocenters. The van der Waals surface area contributed by atoms with E-state index in [9.17, 15) is 8.78 Å². The molecule has 0 nitrogen and oxygen atoms in total. The van der Waals surface area contributed by atoms with Gasteiger partial charge in [0, 0.05) is 9.40 Å². The molecule has 26 heavy (non-hydrogen) atoms. The predicted molar refractivity (Wildman–Crippen MR) is 110 cm³/mol. The van der Waals surface area contributed by atoms with Crippen LogP contribution in [-0.4, -0.2) is 0 Å². The molecule has 0 fully saturated rings. The smallest absolute Gasteiger partial charge is 0.177 e. The minimum Gasteiger partial charge on any atom is -0.195 e. The third kappa shape index (κ3) is 1.97. The molecule has 0 amide bonds. The Morgan fingerprint density at radius 2 is 0.923 bits per heavy atom. The van der Waals surface area contributed by atoms with Gasteiger partial charge in [-0.15, -0.1) is 22.7 Å². The molecule has 0 aliphatic carbocycles. The van der Waals surface area contributed by atoms with Crippen molar-refractivity contribution in [2.45, 2.75) is 0 Å². The Morgan fingerprint density at radius 1 is 0.462 bits per heavy atom. The first kappa shape index (κ1) is 14.6. The van der Waals surface area contributed by atoms with Crippen LogP contribution in [0.1, 0.15) is 0 Å². The van der Waals surface area contributed by atoms with E-state index in [1.807, 2.05) is 12.1 Å². The molecule has 2 heterocycles. The van der Waals surface area contributed by atoms with Gasteiger partial charge < -0.3 is 0 Å². The maximum atomic E-state index is 13.6. The van der Waals surface area contributed by atoms with Gasteiger partial charge in [-0.25, -0.2) is 0 Å². The number of fused-ring (bicyclic) bond motifs is 7. The van der Waals surface area contributed by atoms with Gasteiger partial charge in [0.25, 0.3) is 0 Å². The van der Waals surface area contributed by atoms with Crippen molar-refractivity contribution in [2.75, 3.05) is 0 Å². The number of halogens is 2. The van der Waals surface area contributed by atoms with Gasteiger partial charge >= 0.3 is 0 Å². The molecule has 124 valence electrons. The van der Waals surface area contributed by atoms with Crippen LogP contribution in [0.2, 0.25) is 0 Å². The molecule has 0 aliphatic rings. The first-order chi connectivity index (χ1) is 12.7. The van der Waals surface area contributed by atoms with Crippen molar-refractivity contribution in [3.63, 3.8) is 0 Å². The second-order valence-electron chi connectivity index (χ2n) is 6.55. The number of rotatable bonds is 0. The normalized spacial score (nSPS) is 12.2. The van der Waals surface area contributed by atoms with Gasteiger partial charge in [0.05, 0.1) is 0 Å². The van der Waals surface area contributed by atoms with E-state index in [-0.39, 0.29) is 10.3 Å². The molecular formula is C22H10F2S2. The van der Waals surface area contributed by atoms with Crippen LogP contribution in [0.25, 0.3) is 52.5 Å². The van der Waals surface area contributed by atoms with E-state index in [1.54, 1.807) is 12.1 Å². The lowest BCUT2D eigenvalue weighted by Crippen LogP contribution is -1.81. The van der Waals surface area contributed by atoms with Gasteiger partial charge in [0.1, 0.15) is 0 Å². The van der Waals surface area contributed by atoms with Crippen molar-refractivity contribution in [3.8, 4) is 0 Å². The van der Waals surface area contributed by atoms with Crippen molar-refractivity contribution in [1.82, 2.24) is 0 Å². The Hall–Kier alpha value is -2.56. The highest BCUT2D eigenvalue weighted by molar-refractivity contribution is 7.17. The van der Waals surface area contributed by atoms with Gasteiger partial charge in [-0.05, 0) is 79.5 Å². The van der Waals surface area contributed by atoms with E-state index in [0.29, 0.717) is 0 Å². The van der Waals surface area contributed by atoms with Gasteiger partial charge in [0.15, 0.2) is 10.3 Å². The number of hydrogen-bond acceptors (Lipinski definition) is 2. The van der Waals surface area contributed by atoms with Crippen molar-refractivity contribution in [2.24, 2.45) is 0 Å². The standard InChI is InChI=1S/C22H10F2S2/c23-21-7-13-5-11-1-3-15-16(17(11)9-19(13)25-21)4-2-12-6-14-8-22(24)26-20(14)10-18(12)15/h1-10H. The molecular weight excluding hydrogens is 366 g/mol. The predicted octanol–water partition coefficient (Wildman–Crippen LogP) is 7.85. The number of hydrogen-bond donors (Lipinski definition) is 0. The lowest BCUT2D eigenvalue weighted by molar-refractivity contribution is 0.658. The van der Waals surface area contributed by atoms with Crippen LogP contribution in [0.4, 0.5) is 8.78 Å². The molecule has 0 bridgehead atoms. The molecule has 2 aromatic heterocycles. The summed E-state index contributed by atoms with van der Waals surface area (Å²) in [4.78, 5) is 0. The zero-order chi connectivity index (χ0) is 17.4. The largest absolute Gasteiger partial charge is 0.195 e. The molecule has 4 aromatic carbocycles. The fourth-order valence-electron chi connectivity index (χ4n) is 3.88. The maximum Gasteiger partial charge on any atom is 0.177 e. The highest BCUT2D eigenvalue weighted by Crippen LogP contribution is 2.37. The molecule has 0 radical (unpaired) electrons. The van der Waals surface area contributed by atoms with Crippen molar-refractivity contribution < 1.29 is 8.78 Å². The van der Waals surface area contributed by atoms with E-state index in [2.05, 4.69) is 36.4 Å². The summed E-state index contributed by atoms with van der Waals surface area (Å²) in [5.41, 5.74) is 0. The van der Waals surface area contributed by atoms with Gasteiger partial charge in [-0.3, -0.25) is 0 Å². The Morgan fingerprint density at radius 3 is 1.38 bits per heavy atom. The molecule has 0 spiro atoms. The lowest BCUT2D eigenvalue weighted by atomic mass is 9.96. The van der Waals surface area contributed by atoms with Gasteiger partial charge in [0.2, 0.25) is 0 Å². The van der Waals surface area contributed by atoms with E-state index in [1.165, 1.54) is 22.7 Å². The average Bonchev–Trinajstić information content (AvgIpc) is 3.16. The van der Waals surface area contributed by atoms with Crippen LogP contribution in [0, 0.1) is 10.3 Å². The minimum absolute atomic E-state index is 0.160. The van der Waals surface area contributed by atoms with Crippen LogP contribution >= 0.6 is 22.7 Å². The first-order valence-corrected chi connectivity index (χ1v) is 9.86. The highest BCUT2D eigenvalue weighted by Gasteiger charge is 2.10. The van der Waals surface area contributed by atoms with E-state index in [4.69, 9.17) is 0 Å². The van der Waals surface area contributed by atoms with Crippen molar-refractivity contribution >= 4 is 75.2 Å². The number of thiophene rings is 2. The Bertz CT molecular complexity index is 1390. The van der Waals surface area contributed by atoms with Crippen molar-refractivity contribution in [3.05, 3.63) is 70.9 Å². The fourth-order valence-corrected chi connectivity index (χ4v) is 5.50. The average molecular weight is 376 g/mol. The van der Waals surface area contributed by atoms with Crippen LogP contribution in [0.3, 0.4) is 0 Å².